The molecule has 1 aromatic carbocycles. The Morgan fingerprint density at radius 2 is 1.79 bits per heavy atom. The Kier molecular flexibility index (Phi) is 5.12. The van der Waals surface area contributed by atoms with Gasteiger partial charge in [-0.3, -0.25) is 9.59 Å². The summed E-state index contributed by atoms with van der Waals surface area (Å²) in [6, 6.07) is 6.20. The van der Waals surface area contributed by atoms with Gasteiger partial charge in [-0.15, -0.1) is 0 Å². The summed E-state index contributed by atoms with van der Waals surface area (Å²) in [6.45, 7) is 5.60. The molecular weight excluding hydrogens is 368 g/mol. The topological polar surface area (TPSA) is 111 Å². The lowest BCUT2D eigenvalue weighted by molar-refractivity contribution is -0.170. The molecule has 0 bridgehead atoms. The molecule has 1 saturated heterocycles. The van der Waals surface area contributed by atoms with E-state index in [1.807, 2.05) is 0 Å². The van der Waals surface area contributed by atoms with Crippen molar-refractivity contribution >= 4 is 23.9 Å². The van der Waals surface area contributed by atoms with Crippen molar-refractivity contribution in [2.75, 3.05) is 13.2 Å². The summed E-state index contributed by atoms with van der Waals surface area (Å²) >= 11 is 0. The fraction of sp³-hybridized carbons (Fsp3) is 0.474. The first kappa shape index (κ1) is 19.8. The molecule has 3 amide bonds. The van der Waals surface area contributed by atoms with Gasteiger partial charge in [0.25, 0.3) is 11.8 Å². The molecule has 9 nitrogen and oxygen atoms in total. The van der Waals surface area contributed by atoms with Crippen LogP contribution in [0.3, 0.4) is 0 Å². The van der Waals surface area contributed by atoms with Gasteiger partial charge in [0.1, 0.15) is 5.60 Å². The molecule has 1 N–H and O–H groups in total. The summed E-state index contributed by atoms with van der Waals surface area (Å²) in [5.74, 6) is -2.24. The van der Waals surface area contributed by atoms with E-state index >= 15 is 0 Å². The van der Waals surface area contributed by atoms with Crippen LogP contribution in [0, 0.1) is 0 Å². The van der Waals surface area contributed by atoms with E-state index in [4.69, 9.17) is 14.3 Å². The highest BCUT2D eigenvalue weighted by Crippen LogP contribution is 2.27. The first-order valence-corrected chi connectivity index (χ1v) is 8.88. The molecule has 150 valence electrons. The first-order valence-electron chi connectivity index (χ1n) is 8.88. The highest BCUT2D eigenvalue weighted by Gasteiger charge is 2.43. The molecule has 3 rings (SSSR count). The number of hydrogen-bond donors (Lipinski definition) is 1. The number of ether oxygens (including phenoxy) is 2. The third kappa shape index (κ3) is 4.14. The second-order valence-electron chi connectivity index (χ2n) is 7.80. The molecule has 1 aromatic rings. The Bertz CT molecular complexity index is 787. The van der Waals surface area contributed by atoms with Gasteiger partial charge in [0.15, 0.2) is 0 Å². The predicted molar refractivity (Wildman–Crippen MR) is 95.2 cm³/mol. The zero-order valence-corrected chi connectivity index (χ0v) is 15.9. The van der Waals surface area contributed by atoms with Crippen molar-refractivity contribution in [2.24, 2.45) is 0 Å². The molecule has 2 aliphatic rings. The van der Waals surface area contributed by atoms with Gasteiger partial charge in [-0.25, -0.2) is 9.59 Å². The van der Waals surface area contributed by atoms with Crippen molar-refractivity contribution < 1.29 is 33.5 Å². The van der Waals surface area contributed by atoms with E-state index in [9.17, 15) is 19.2 Å². The number of benzene rings is 1. The van der Waals surface area contributed by atoms with Crippen molar-refractivity contribution in [3.05, 3.63) is 35.4 Å². The highest BCUT2D eigenvalue weighted by molar-refractivity contribution is 6.20. The van der Waals surface area contributed by atoms with Gasteiger partial charge < -0.3 is 19.6 Å². The highest BCUT2D eigenvalue weighted by atomic mass is 16.7. The number of nitrogens with zero attached hydrogens (tertiary/aromatic N) is 1. The molecule has 0 radical (unpaired) electrons. The number of nitrogens with one attached hydrogen (secondary N) is 1. The van der Waals surface area contributed by atoms with Crippen LogP contribution in [0.15, 0.2) is 24.3 Å². The SMILES string of the molecule is CC(C)(C)OC(=O)NC1(CC(=O)ON2C(=O)c3ccccc3C2=O)CCOC1. The molecule has 0 aromatic heterocycles. The van der Waals surface area contributed by atoms with Gasteiger partial charge in [-0.1, -0.05) is 17.2 Å². The fourth-order valence-corrected chi connectivity index (χ4v) is 3.07. The number of carbonyl (C=O) groups excluding carboxylic acids is 4. The maximum absolute atomic E-state index is 12.5. The Balaban J connectivity index is 1.66. The summed E-state index contributed by atoms with van der Waals surface area (Å²) in [7, 11) is 0. The Morgan fingerprint density at radius 3 is 2.29 bits per heavy atom. The molecule has 1 fully saturated rings. The van der Waals surface area contributed by atoms with Crippen LogP contribution >= 0.6 is 0 Å². The van der Waals surface area contributed by atoms with Crippen molar-refractivity contribution in [3.8, 4) is 0 Å². The standard InChI is InChI=1S/C19H22N2O7/c1-18(2,3)27-17(25)20-19(8-9-26-11-19)10-14(22)28-21-15(23)12-6-4-5-7-13(12)16(21)24/h4-7H,8-11H2,1-3H3,(H,20,25). The minimum atomic E-state index is -1.03. The average Bonchev–Trinajstić information content (AvgIpc) is 3.12. The predicted octanol–water partition coefficient (Wildman–Crippen LogP) is 1.81. The van der Waals surface area contributed by atoms with E-state index in [1.54, 1.807) is 32.9 Å². The quantitative estimate of drug-likeness (QED) is 0.781. The molecule has 9 heteroatoms. The lowest BCUT2D eigenvalue weighted by atomic mass is 9.94. The molecule has 0 saturated carbocycles. The largest absolute Gasteiger partial charge is 0.444 e. The number of fused-ring (bicyclic) bond motifs is 1. The van der Waals surface area contributed by atoms with E-state index in [2.05, 4.69) is 5.32 Å². The molecule has 2 heterocycles. The minimum Gasteiger partial charge on any atom is -0.444 e. The second kappa shape index (κ2) is 7.23. The summed E-state index contributed by atoms with van der Waals surface area (Å²) in [5, 5.41) is 3.12. The van der Waals surface area contributed by atoms with Crippen LogP contribution in [0.5, 0.6) is 0 Å². The minimum absolute atomic E-state index is 0.0868. The van der Waals surface area contributed by atoms with Crippen LogP contribution in [-0.2, 0) is 19.1 Å². The van der Waals surface area contributed by atoms with Gasteiger partial charge in [0, 0.05) is 6.61 Å². The zero-order chi connectivity index (χ0) is 20.5. The first-order chi connectivity index (χ1) is 13.1. The zero-order valence-electron chi connectivity index (χ0n) is 15.9. The van der Waals surface area contributed by atoms with Crippen LogP contribution in [0.1, 0.15) is 54.3 Å². The maximum atomic E-state index is 12.5. The number of alkyl carbamates (subject to hydrolysis) is 1. The van der Waals surface area contributed by atoms with Crippen LogP contribution < -0.4 is 5.32 Å². The van der Waals surface area contributed by atoms with Crippen LogP contribution in [0.4, 0.5) is 4.79 Å². The smallest absolute Gasteiger partial charge is 0.408 e. The summed E-state index contributed by atoms with van der Waals surface area (Å²) in [6.07, 6.45) is -0.602. The number of carbonyl (C=O) groups is 4. The van der Waals surface area contributed by atoms with E-state index in [0.29, 0.717) is 18.1 Å². The lowest BCUT2D eigenvalue weighted by Gasteiger charge is -2.29. The molecule has 0 aliphatic carbocycles. The number of hydrogen-bond acceptors (Lipinski definition) is 7. The summed E-state index contributed by atoms with van der Waals surface area (Å²) < 4.78 is 10.6. The Morgan fingerprint density at radius 1 is 1.18 bits per heavy atom. The summed E-state index contributed by atoms with van der Waals surface area (Å²) in [4.78, 5) is 54.2. The average molecular weight is 390 g/mol. The molecule has 1 atom stereocenters. The third-order valence-corrected chi connectivity index (χ3v) is 4.30. The van der Waals surface area contributed by atoms with E-state index < -0.39 is 35.0 Å². The summed E-state index contributed by atoms with van der Waals surface area (Å²) in [5.41, 5.74) is -1.39. The van der Waals surface area contributed by atoms with Gasteiger partial charge in [0.05, 0.1) is 29.7 Å². The van der Waals surface area contributed by atoms with E-state index in [0.717, 1.165) is 0 Å². The number of amides is 3. The molecule has 2 aliphatic heterocycles. The van der Waals surface area contributed by atoms with Gasteiger partial charge >= 0.3 is 12.1 Å². The molecular formula is C19H22N2O7. The molecule has 0 spiro atoms. The Labute approximate surface area is 161 Å². The third-order valence-electron chi connectivity index (χ3n) is 4.30. The molecule has 28 heavy (non-hydrogen) atoms. The van der Waals surface area contributed by atoms with Crippen molar-refractivity contribution in [1.82, 2.24) is 10.4 Å². The van der Waals surface area contributed by atoms with Crippen molar-refractivity contribution in [1.29, 1.82) is 0 Å². The molecule has 1 unspecified atom stereocenters. The van der Waals surface area contributed by atoms with E-state index in [1.165, 1.54) is 12.1 Å². The Hall–Kier alpha value is -2.94. The number of hydroxylamine groups is 2. The second-order valence-corrected chi connectivity index (χ2v) is 7.80. The number of rotatable bonds is 4. The van der Waals surface area contributed by atoms with Gasteiger partial charge in [0.2, 0.25) is 0 Å². The van der Waals surface area contributed by atoms with E-state index in [-0.39, 0.29) is 24.2 Å². The van der Waals surface area contributed by atoms with Crippen LogP contribution in [0.2, 0.25) is 0 Å². The maximum Gasteiger partial charge on any atom is 0.408 e. The van der Waals surface area contributed by atoms with Crippen molar-refractivity contribution in [2.45, 2.75) is 44.8 Å². The monoisotopic (exact) mass is 390 g/mol. The lowest BCUT2D eigenvalue weighted by Crippen LogP contribution is -2.52. The van der Waals surface area contributed by atoms with Crippen LogP contribution in [-0.4, -0.2) is 53.3 Å². The van der Waals surface area contributed by atoms with Crippen LogP contribution in [0.25, 0.3) is 0 Å². The van der Waals surface area contributed by atoms with Gasteiger partial charge in [-0.2, -0.15) is 0 Å². The number of imide groups is 1. The normalized spacial score (nSPS) is 21.5. The van der Waals surface area contributed by atoms with Crippen molar-refractivity contribution in [3.63, 3.8) is 0 Å². The fourth-order valence-electron chi connectivity index (χ4n) is 3.07. The van der Waals surface area contributed by atoms with Gasteiger partial charge in [-0.05, 0) is 39.3 Å².